The summed E-state index contributed by atoms with van der Waals surface area (Å²) in [6.07, 6.45) is 1.02. The van der Waals surface area contributed by atoms with Crippen molar-refractivity contribution >= 4 is 11.9 Å². The molecule has 0 aliphatic rings. The Morgan fingerprint density at radius 3 is 2.53 bits per heavy atom. The Bertz CT molecular complexity index is 425. The van der Waals surface area contributed by atoms with Crippen LogP contribution in [0.5, 0.6) is 5.75 Å². The van der Waals surface area contributed by atoms with E-state index < -0.39 is 11.9 Å². The molecule has 0 atom stereocenters. The van der Waals surface area contributed by atoms with Gasteiger partial charge in [-0.05, 0) is 12.1 Å². The number of esters is 2. The van der Waals surface area contributed by atoms with Crippen LogP contribution in [0.4, 0.5) is 0 Å². The lowest BCUT2D eigenvalue weighted by Gasteiger charge is -2.06. The number of hydrogen-bond acceptors (Lipinski definition) is 5. The first-order valence-corrected chi connectivity index (χ1v) is 4.89. The van der Waals surface area contributed by atoms with Crippen molar-refractivity contribution in [2.75, 3.05) is 13.2 Å². The molecule has 0 amide bonds. The molecule has 1 aromatic carbocycles. The fourth-order valence-corrected chi connectivity index (χ4v) is 1.06. The SMILES string of the molecule is C=CC(=O)OCCOC(=O)c1ccccc1O. The van der Waals surface area contributed by atoms with Gasteiger partial charge in [-0.2, -0.15) is 0 Å². The van der Waals surface area contributed by atoms with Gasteiger partial charge < -0.3 is 14.6 Å². The fourth-order valence-electron chi connectivity index (χ4n) is 1.06. The highest BCUT2D eigenvalue weighted by Gasteiger charge is 2.11. The maximum absolute atomic E-state index is 11.4. The van der Waals surface area contributed by atoms with Gasteiger partial charge in [0.2, 0.25) is 0 Å². The Morgan fingerprint density at radius 1 is 1.24 bits per heavy atom. The maximum Gasteiger partial charge on any atom is 0.342 e. The van der Waals surface area contributed by atoms with Gasteiger partial charge in [-0.15, -0.1) is 0 Å². The van der Waals surface area contributed by atoms with E-state index in [1.807, 2.05) is 0 Å². The van der Waals surface area contributed by atoms with Crippen molar-refractivity contribution in [3.8, 4) is 5.75 Å². The summed E-state index contributed by atoms with van der Waals surface area (Å²) in [7, 11) is 0. The number of ether oxygens (including phenoxy) is 2. The van der Waals surface area contributed by atoms with E-state index in [1.165, 1.54) is 12.1 Å². The van der Waals surface area contributed by atoms with Crippen molar-refractivity contribution in [1.29, 1.82) is 0 Å². The Morgan fingerprint density at radius 2 is 1.88 bits per heavy atom. The summed E-state index contributed by atoms with van der Waals surface area (Å²) in [5.74, 6) is -1.40. The molecule has 0 aliphatic carbocycles. The molecule has 5 nitrogen and oxygen atoms in total. The lowest BCUT2D eigenvalue weighted by Crippen LogP contribution is -2.12. The molecule has 0 heterocycles. The summed E-state index contributed by atoms with van der Waals surface area (Å²) in [4.78, 5) is 22.1. The number of aromatic hydroxyl groups is 1. The lowest BCUT2D eigenvalue weighted by atomic mass is 10.2. The number of hydrogen-bond donors (Lipinski definition) is 1. The highest BCUT2D eigenvalue weighted by molar-refractivity contribution is 5.92. The Kier molecular flexibility index (Phi) is 4.75. The van der Waals surface area contributed by atoms with Crippen LogP contribution in [-0.4, -0.2) is 30.3 Å². The number of benzene rings is 1. The molecule has 0 aliphatic heterocycles. The van der Waals surface area contributed by atoms with Gasteiger partial charge in [-0.3, -0.25) is 0 Å². The van der Waals surface area contributed by atoms with Crippen LogP contribution in [-0.2, 0) is 14.3 Å². The van der Waals surface area contributed by atoms with Crippen LogP contribution in [0.15, 0.2) is 36.9 Å². The molecule has 0 radical (unpaired) electrons. The molecule has 0 bridgehead atoms. The van der Waals surface area contributed by atoms with E-state index in [-0.39, 0.29) is 24.5 Å². The summed E-state index contributed by atoms with van der Waals surface area (Å²) >= 11 is 0. The van der Waals surface area contributed by atoms with Gasteiger partial charge in [0.1, 0.15) is 24.5 Å². The quantitative estimate of drug-likeness (QED) is 0.473. The summed E-state index contributed by atoms with van der Waals surface area (Å²) in [6, 6.07) is 6.02. The fraction of sp³-hybridized carbons (Fsp3) is 0.167. The minimum atomic E-state index is -0.669. The molecule has 1 N–H and O–H groups in total. The van der Waals surface area contributed by atoms with Crippen molar-refractivity contribution in [3.05, 3.63) is 42.5 Å². The van der Waals surface area contributed by atoms with Crippen LogP contribution >= 0.6 is 0 Å². The van der Waals surface area contributed by atoms with Crippen LogP contribution in [0.3, 0.4) is 0 Å². The highest BCUT2D eigenvalue weighted by atomic mass is 16.6. The zero-order chi connectivity index (χ0) is 12.7. The summed E-state index contributed by atoms with van der Waals surface area (Å²) < 4.78 is 9.40. The van der Waals surface area contributed by atoms with E-state index in [0.717, 1.165) is 6.08 Å². The van der Waals surface area contributed by atoms with E-state index in [9.17, 15) is 14.7 Å². The first kappa shape index (κ1) is 12.8. The third-order valence-electron chi connectivity index (χ3n) is 1.85. The van der Waals surface area contributed by atoms with Gasteiger partial charge >= 0.3 is 11.9 Å². The van der Waals surface area contributed by atoms with Crippen LogP contribution in [0, 0.1) is 0 Å². The number of phenolic OH excluding ortho intramolecular Hbond substituents is 1. The van der Waals surface area contributed by atoms with E-state index in [2.05, 4.69) is 11.3 Å². The van der Waals surface area contributed by atoms with E-state index in [4.69, 9.17) is 4.74 Å². The van der Waals surface area contributed by atoms with Gasteiger partial charge in [0, 0.05) is 6.08 Å². The zero-order valence-corrected chi connectivity index (χ0v) is 9.09. The average Bonchev–Trinajstić information content (AvgIpc) is 2.34. The molecule has 17 heavy (non-hydrogen) atoms. The molecule has 0 spiro atoms. The monoisotopic (exact) mass is 236 g/mol. The Labute approximate surface area is 98.3 Å². The van der Waals surface area contributed by atoms with Gasteiger partial charge in [0.05, 0.1) is 0 Å². The third kappa shape index (κ3) is 3.98. The van der Waals surface area contributed by atoms with Gasteiger partial charge in [-0.1, -0.05) is 18.7 Å². The molecule has 1 rings (SSSR count). The minimum absolute atomic E-state index is 0.0514. The van der Waals surface area contributed by atoms with Crippen molar-refractivity contribution in [2.45, 2.75) is 0 Å². The molecular weight excluding hydrogens is 224 g/mol. The van der Waals surface area contributed by atoms with Crippen LogP contribution in [0.1, 0.15) is 10.4 Å². The molecule has 0 saturated heterocycles. The number of phenols is 1. The Balaban J connectivity index is 2.38. The molecule has 90 valence electrons. The number of carbonyl (C=O) groups excluding carboxylic acids is 2. The maximum atomic E-state index is 11.4. The summed E-state index contributed by atoms with van der Waals surface area (Å²) in [6.45, 7) is 3.09. The van der Waals surface area contributed by atoms with Gasteiger partial charge in [0.25, 0.3) is 0 Å². The van der Waals surface area contributed by atoms with E-state index in [0.29, 0.717) is 0 Å². The van der Waals surface area contributed by atoms with Crippen LogP contribution in [0.25, 0.3) is 0 Å². The molecular formula is C12H12O5. The van der Waals surface area contributed by atoms with E-state index in [1.54, 1.807) is 12.1 Å². The lowest BCUT2D eigenvalue weighted by molar-refractivity contribution is -0.138. The molecule has 0 aromatic heterocycles. The predicted molar refractivity (Wildman–Crippen MR) is 59.5 cm³/mol. The predicted octanol–water partition coefficient (Wildman–Crippen LogP) is 1.28. The largest absolute Gasteiger partial charge is 0.507 e. The zero-order valence-electron chi connectivity index (χ0n) is 9.09. The van der Waals surface area contributed by atoms with Crippen LogP contribution < -0.4 is 0 Å². The first-order valence-electron chi connectivity index (χ1n) is 4.89. The summed E-state index contributed by atoms with van der Waals surface area (Å²) in [5.41, 5.74) is 0.0718. The van der Waals surface area contributed by atoms with Crippen molar-refractivity contribution in [1.82, 2.24) is 0 Å². The minimum Gasteiger partial charge on any atom is -0.507 e. The van der Waals surface area contributed by atoms with Crippen molar-refractivity contribution < 1.29 is 24.2 Å². The number of rotatable bonds is 5. The number of carbonyl (C=O) groups is 2. The normalized spacial score (nSPS) is 9.41. The standard InChI is InChI=1S/C12H12O5/c1-2-11(14)16-7-8-17-12(15)9-5-3-4-6-10(9)13/h2-6,13H,1,7-8H2. The highest BCUT2D eigenvalue weighted by Crippen LogP contribution is 2.16. The molecule has 0 fully saturated rings. The molecule has 0 saturated carbocycles. The second-order valence-electron chi connectivity index (χ2n) is 3.02. The van der Waals surface area contributed by atoms with Crippen molar-refractivity contribution in [2.24, 2.45) is 0 Å². The molecule has 0 unspecified atom stereocenters. The third-order valence-corrected chi connectivity index (χ3v) is 1.85. The van der Waals surface area contributed by atoms with Crippen LogP contribution in [0.2, 0.25) is 0 Å². The Hall–Kier alpha value is -2.30. The molecule has 5 heteroatoms. The topological polar surface area (TPSA) is 72.8 Å². The second-order valence-corrected chi connectivity index (χ2v) is 3.02. The van der Waals surface area contributed by atoms with Gasteiger partial charge in [0.15, 0.2) is 0 Å². The van der Waals surface area contributed by atoms with Gasteiger partial charge in [-0.25, -0.2) is 9.59 Å². The smallest absolute Gasteiger partial charge is 0.342 e. The number of para-hydroxylation sites is 1. The first-order chi connectivity index (χ1) is 8.15. The molecule has 1 aromatic rings. The van der Waals surface area contributed by atoms with E-state index >= 15 is 0 Å². The van der Waals surface area contributed by atoms with Crippen molar-refractivity contribution in [3.63, 3.8) is 0 Å². The average molecular weight is 236 g/mol. The second kappa shape index (κ2) is 6.32. The summed E-state index contributed by atoms with van der Waals surface area (Å²) in [5, 5.41) is 9.36.